The minimum absolute atomic E-state index is 0.862. The minimum atomic E-state index is 0.862. The van der Waals surface area contributed by atoms with Crippen LogP contribution >= 0.6 is 0 Å². The minimum Gasteiger partial charge on any atom is -0.330 e. The van der Waals surface area contributed by atoms with Crippen molar-refractivity contribution < 1.29 is 0 Å². The second kappa shape index (κ2) is 24.5. The fourth-order valence-electron chi connectivity index (χ4n) is 2.39. The summed E-state index contributed by atoms with van der Waals surface area (Å²) in [5.41, 5.74) is 5.47. The molecule has 0 unspecified atom stereocenters. The van der Waals surface area contributed by atoms with Gasteiger partial charge in [0, 0.05) is 0 Å². The van der Waals surface area contributed by atoms with E-state index in [2.05, 4.69) is 32.2 Å². The predicted molar refractivity (Wildman–Crippen MR) is 99.8 cm³/mol. The molecule has 1 heteroatoms. The molecule has 0 aromatic carbocycles. The fraction of sp³-hybridized carbons (Fsp3) is 0.800. The second-order valence-corrected chi connectivity index (χ2v) is 5.73. The van der Waals surface area contributed by atoms with Crippen molar-refractivity contribution in [3.63, 3.8) is 0 Å². The number of nitrogens with two attached hydrogens (primary N) is 1. The van der Waals surface area contributed by atoms with Crippen LogP contribution in [0.25, 0.3) is 0 Å². The molecule has 0 aromatic heterocycles. The monoisotopic (exact) mass is 295 g/mol. The molecule has 21 heavy (non-hydrogen) atoms. The van der Waals surface area contributed by atoms with Crippen LogP contribution in [-0.2, 0) is 0 Å². The highest BCUT2D eigenvalue weighted by molar-refractivity contribution is 4.81. The van der Waals surface area contributed by atoms with Crippen LogP contribution in [0.15, 0.2) is 25.3 Å². The maximum Gasteiger partial charge on any atom is -0.00773 e. The molecule has 0 bridgehead atoms. The smallest absolute Gasteiger partial charge is 0.00773 e. The van der Waals surface area contributed by atoms with E-state index in [-0.39, 0.29) is 0 Å². The molecule has 0 fully saturated rings. The van der Waals surface area contributed by atoms with Crippen molar-refractivity contribution in [3.05, 3.63) is 25.3 Å². The van der Waals surface area contributed by atoms with Gasteiger partial charge in [0.15, 0.2) is 0 Å². The highest BCUT2D eigenvalue weighted by atomic mass is 14.5. The molecule has 0 aromatic rings. The summed E-state index contributed by atoms with van der Waals surface area (Å²) >= 11 is 0. The van der Waals surface area contributed by atoms with Gasteiger partial charge in [0.05, 0.1) is 0 Å². The Labute approximate surface area is 135 Å². The first-order valence-electron chi connectivity index (χ1n) is 9.27. The summed E-state index contributed by atoms with van der Waals surface area (Å²) in [5, 5.41) is 0. The summed E-state index contributed by atoms with van der Waals surface area (Å²) in [5.74, 6) is 0. The molecule has 0 rings (SSSR count). The second-order valence-electron chi connectivity index (χ2n) is 5.73. The average Bonchev–Trinajstić information content (AvgIpc) is 2.53. The molecule has 0 aliphatic heterocycles. The maximum absolute atomic E-state index is 5.47. The van der Waals surface area contributed by atoms with Gasteiger partial charge in [-0.25, -0.2) is 0 Å². The number of unbranched alkanes of at least 4 members (excludes halogenated alkanes) is 12. The highest BCUT2D eigenvalue weighted by Crippen LogP contribution is 2.09. The Morgan fingerprint density at radius 2 is 1.00 bits per heavy atom. The SMILES string of the molecule is C=C.CCCCCCCCC=CCCCCCCCCN. The van der Waals surface area contributed by atoms with Gasteiger partial charge < -0.3 is 5.73 Å². The van der Waals surface area contributed by atoms with Gasteiger partial charge in [0.25, 0.3) is 0 Å². The average molecular weight is 296 g/mol. The third-order valence-corrected chi connectivity index (χ3v) is 3.72. The Hall–Kier alpha value is -0.560. The van der Waals surface area contributed by atoms with E-state index >= 15 is 0 Å². The van der Waals surface area contributed by atoms with Gasteiger partial charge >= 0.3 is 0 Å². The Bertz CT molecular complexity index is 186. The van der Waals surface area contributed by atoms with E-state index in [4.69, 9.17) is 5.73 Å². The Balaban J connectivity index is 0. The summed E-state index contributed by atoms with van der Waals surface area (Å²) < 4.78 is 0. The molecule has 0 saturated heterocycles. The van der Waals surface area contributed by atoms with Crippen LogP contribution in [0.2, 0.25) is 0 Å². The highest BCUT2D eigenvalue weighted by Gasteiger charge is 1.90. The van der Waals surface area contributed by atoms with Crippen molar-refractivity contribution in [2.75, 3.05) is 6.54 Å². The zero-order valence-electron chi connectivity index (χ0n) is 14.8. The third-order valence-electron chi connectivity index (χ3n) is 3.72. The van der Waals surface area contributed by atoms with E-state index in [1.165, 1.54) is 89.9 Å². The van der Waals surface area contributed by atoms with Crippen molar-refractivity contribution in [2.45, 2.75) is 96.8 Å². The molecule has 2 N–H and O–H groups in total. The van der Waals surface area contributed by atoms with E-state index in [1.54, 1.807) is 0 Å². The van der Waals surface area contributed by atoms with Crippen molar-refractivity contribution >= 4 is 0 Å². The van der Waals surface area contributed by atoms with Crippen LogP contribution in [0.1, 0.15) is 96.8 Å². The van der Waals surface area contributed by atoms with Crippen molar-refractivity contribution in [1.82, 2.24) is 0 Å². The maximum atomic E-state index is 5.47. The van der Waals surface area contributed by atoms with E-state index < -0.39 is 0 Å². The first kappa shape index (κ1) is 22.7. The zero-order valence-corrected chi connectivity index (χ0v) is 14.8. The van der Waals surface area contributed by atoms with Gasteiger partial charge in [0.2, 0.25) is 0 Å². The Morgan fingerprint density at radius 3 is 1.43 bits per heavy atom. The van der Waals surface area contributed by atoms with Gasteiger partial charge in [-0.1, -0.05) is 76.9 Å². The van der Waals surface area contributed by atoms with Crippen LogP contribution < -0.4 is 5.73 Å². The molecule has 0 aliphatic rings. The molecule has 126 valence electrons. The lowest BCUT2D eigenvalue weighted by molar-refractivity contribution is 0.599. The number of hydrogen-bond acceptors (Lipinski definition) is 1. The van der Waals surface area contributed by atoms with E-state index in [0.717, 1.165) is 6.54 Å². The normalized spacial score (nSPS) is 10.6. The lowest BCUT2D eigenvalue weighted by Crippen LogP contribution is -1.97. The fourth-order valence-corrected chi connectivity index (χ4v) is 2.39. The molecule has 0 radical (unpaired) electrons. The van der Waals surface area contributed by atoms with E-state index in [1.807, 2.05) is 0 Å². The molecule has 0 heterocycles. The largest absolute Gasteiger partial charge is 0.330 e. The molecule has 0 aliphatic carbocycles. The van der Waals surface area contributed by atoms with Gasteiger partial charge in [0.1, 0.15) is 0 Å². The van der Waals surface area contributed by atoms with Crippen molar-refractivity contribution in [2.24, 2.45) is 5.73 Å². The van der Waals surface area contributed by atoms with Crippen LogP contribution in [0.5, 0.6) is 0 Å². The van der Waals surface area contributed by atoms with Crippen LogP contribution in [0.4, 0.5) is 0 Å². The summed E-state index contributed by atoms with van der Waals surface area (Å²) in [6, 6.07) is 0. The molecular weight excluding hydrogens is 254 g/mol. The number of hydrogen-bond donors (Lipinski definition) is 1. The topological polar surface area (TPSA) is 26.0 Å². The molecule has 0 spiro atoms. The number of allylic oxidation sites excluding steroid dienone is 2. The molecule has 1 nitrogen and oxygen atoms in total. The quantitative estimate of drug-likeness (QED) is 0.261. The Morgan fingerprint density at radius 1 is 0.619 bits per heavy atom. The molecule has 0 atom stereocenters. The summed E-state index contributed by atoms with van der Waals surface area (Å²) in [7, 11) is 0. The van der Waals surface area contributed by atoms with Crippen molar-refractivity contribution in [3.8, 4) is 0 Å². The zero-order chi connectivity index (χ0) is 16.0. The lowest BCUT2D eigenvalue weighted by atomic mass is 10.1. The first-order valence-corrected chi connectivity index (χ1v) is 9.27. The summed E-state index contributed by atoms with van der Waals surface area (Å²) in [6.45, 7) is 9.14. The predicted octanol–water partition coefficient (Wildman–Crippen LogP) is 6.78. The summed E-state index contributed by atoms with van der Waals surface area (Å²) in [4.78, 5) is 0. The Kier molecular flexibility index (Phi) is 26.5. The molecular formula is C20H41N. The third kappa shape index (κ3) is 24.8. The van der Waals surface area contributed by atoms with E-state index in [0.29, 0.717) is 0 Å². The molecule has 0 saturated carbocycles. The van der Waals surface area contributed by atoms with E-state index in [9.17, 15) is 0 Å². The van der Waals surface area contributed by atoms with Gasteiger partial charge in [-0.05, 0) is 38.6 Å². The standard InChI is InChI=1S/C18H37N.C2H4/c1-2-3-4-5-6-7-8-9-10-11-12-13-14-15-16-17-18-19;1-2/h9-10H,2-8,11-19H2,1H3;1-2H2. The van der Waals surface area contributed by atoms with Crippen LogP contribution in [0, 0.1) is 0 Å². The van der Waals surface area contributed by atoms with Crippen molar-refractivity contribution in [1.29, 1.82) is 0 Å². The molecule has 0 amide bonds. The van der Waals surface area contributed by atoms with Crippen LogP contribution in [-0.4, -0.2) is 6.54 Å². The first-order chi connectivity index (χ1) is 10.4. The number of rotatable bonds is 15. The van der Waals surface area contributed by atoms with Gasteiger partial charge in [-0.3, -0.25) is 0 Å². The summed E-state index contributed by atoms with van der Waals surface area (Å²) in [6.07, 6.45) is 23.9. The lowest BCUT2D eigenvalue weighted by Gasteiger charge is -1.99. The van der Waals surface area contributed by atoms with Gasteiger partial charge in [-0.2, -0.15) is 0 Å². The van der Waals surface area contributed by atoms with Crippen LogP contribution in [0.3, 0.4) is 0 Å². The van der Waals surface area contributed by atoms with Gasteiger partial charge in [-0.15, -0.1) is 13.2 Å².